The van der Waals surface area contributed by atoms with E-state index in [0.29, 0.717) is 0 Å². The first-order chi connectivity index (χ1) is 9.97. The van der Waals surface area contributed by atoms with Gasteiger partial charge in [0.2, 0.25) is 0 Å². The number of nitrogens with one attached hydrogen (secondary N) is 1. The summed E-state index contributed by atoms with van der Waals surface area (Å²) in [5.41, 5.74) is 0.910. The molecule has 6 heteroatoms. The van der Waals surface area contributed by atoms with Gasteiger partial charge in [0.1, 0.15) is 17.0 Å². The molecule has 3 heterocycles. The fourth-order valence-corrected chi connectivity index (χ4v) is 3.01. The predicted octanol–water partition coefficient (Wildman–Crippen LogP) is 3.95. The highest BCUT2D eigenvalue weighted by Gasteiger charge is 2.15. The lowest BCUT2D eigenvalue weighted by Crippen LogP contribution is -2.21. The zero-order chi connectivity index (χ0) is 15.0. The molecule has 0 radical (unpaired) electrons. The van der Waals surface area contributed by atoms with Crippen LogP contribution in [0.5, 0.6) is 0 Å². The van der Waals surface area contributed by atoms with Crippen LogP contribution in [0, 0.1) is 0 Å². The molecule has 0 aliphatic rings. The maximum Gasteiger partial charge on any atom is 0.142 e. The highest BCUT2D eigenvalue weighted by Crippen LogP contribution is 2.30. The molecule has 0 aliphatic heterocycles. The molecule has 1 N–H and O–H groups in total. The van der Waals surface area contributed by atoms with Crippen molar-refractivity contribution in [3.63, 3.8) is 0 Å². The molecular weight excluding hydrogens is 282 g/mol. The third-order valence-electron chi connectivity index (χ3n) is 3.26. The molecule has 0 unspecified atom stereocenters. The molecule has 0 aromatic carbocycles. The summed E-state index contributed by atoms with van der Waals surface area (Å²) >= 11 is 1.72. The predicted molar refractivity (Wildman–Crippen MR) is 87.3 cm³/mol. The second kappa shape index (κ2) is 5.11. The van der Waals surface area contributed by atoms with Crippen LogP contribution in [-0.2, 0) is 12.0 Å². The van der Waals surface area contributed by atoms with E-state index >= 15 is 0 Å². The number of thiophene rings is 1. The van der Waals surface area contributed by atoms with Crippen LogP contribution >= 0.6 is 11.3 Å². The van der Waals surface area contributed by atoms with Gasteiger partial charge in [-0.3, -0.25) is 4.68 Å². The number of aromatic nitrogens is 4. The van der Waals surface area contributed by atoms with E-state index in [1.54, 1.807) is 17.7 Å². The van der Waals surface area contributed by atoms with Gasteiger partial charge in [-0.1, -0.05) is 6.92 Å². The van der Waals surface area contributed by atoms with Gasteiger partial charge in [0.05, 0.1) is 22.8 Å². The molecule has 21 heavy (non-hydrogen) atoms. The molecule has 0 saturated heterocycles. The highest BCUT2D eigenvalue weighted by atomic mass is 32.1. The minimum atomic E-state index is -0.0291. The molecule has 3 aromatic heterocycles. The minimum Gasteiger partial charge on any atom is -0.337 e. The Morgan fingerprint density at radius 1 is 1.29 bits per heavy atom. The molecule has 0 amide bonds. The Kier molecular flexibility index (Phi) is 3.41. The number of fused-ring (bicyclic) bond motifs is 1. The zero-order valence-corrected chi connectivity index (χ0v) is 13.5. The summed E-state index contributed by atoms with van der Waals surface area (Å²) in [4.78, 5) is 11.1. The fourth-order valence-electron chi connectivity index (χ4n) is 2.07. The SMILES string of the molecule is CCc1cc2c(Nc3cnn(C(C)(C)C)c3)ncnc2s1. The van der Waals surface area contributed by atoms with Crippen molar-refractivity contribution in [2.45, 2.75) is 39.7 Å². The van der Waals surface area contributed by atoms with Gasteiger partial charge in [-0.15, -0.1) is 11.3 Å². The number of hydrogen-bond donors (Lipinski definition) is 1. The number of hydrogen-bond acceptors (Lipinski definition) is 5. The van der Waals surface area contributed by atoms with Gasteiger partial charge < -0.3 is 5.32 Å². The van der Waals surface area contributed by atoms with Crippen LogP contribution in [0.3, 0.4) is 0 Å². The van der Waals surface area contributed by atoms with Crippen molar-refractivity contribution in [3.05, 3.63) is 29.7 Å². The molecule has 3 rings (SSSR count). The van der Waals surface area contributed by atoms with E-state index in [-0.39, 0.29) is 5.54 Å². The van der Waals surface area contributed by atoms with Crippen LogP contribution in [0.4, 0.5) is 11.5 Å². The number of nitrogens with zero attached hydrogens (tertiary/aromatic N) is 4. The third kappa shape index (κ3) is 2.76. The lowest BCUT2D eigenvalue weighted by atomic mass is 10.1. The summed E-state index contributed by atoms with van der Waals surface area (Å²) in [5.74, 6) is 0.837. The van der Waals surface area contributed by atoms with Gasteiger partial charge in [0, 0.05) is 11.1 Å². The Labute approximate surface area is 128 Å². The number of aryl methyl sites for hydroxylation is 1. The fraction of sp³-hybridized carbons (Fsp3) is 0.400. The Balaban J connectivity index is 1.94. The summed E-state index contributed by atoms with van der Waals surface area (Å²) in [6, 6.07) is 2.16. The smallest absolute Gasteiger partial charge is 0.142 e. The largest absolute Gasteiger partial charge is 0.337 e. The Morgan fingerprint density at radius 2 is 2.10 bits per heavy atom. The second-order valence-corrected chi connectivity index (χ2v) is 7.09. The van der Waals surface area contributed by atoms with E-state index in [1.807, 2.05) is 17.1 Å². The van der Waals surface area contributed by atoms with Gasteiger partial charge in [-0.05, 0) is 33.3 Å². The van der Waals surface area contributed by atoms with E-state index < -0.39 is 0 Å². The maximum atomic E-state index is 4.40. The van der Waals surface area contributed by atoms with E-state index in [9.17, 15) is 0 Å². The molecule has 0 atom stereocenters. The first-order valence-corrected chi connectivity index (χ1v) is 7.84. The quantitative estimate of drug-likeness (QED) is 0.796. The zero-order valence-electron chi connectivity index (χ0n) is 12.7. The van der Waals surface area contributed by atoms with Crippen LogP contribution < -0.4 is 5.32 Å². The standard InChI is InChI=1S/C15H19N5S/c1-5-11-6-12-13(16-9-17-14(12)21-11)19-10-7-18-20(8-10)15(2,3)4/h6-9H,5H2,1-4H3,(H,16,17,19). The first-order valence-electron chi connectivity index (χ1n) is 7.03. The van der Waals surface area contributed by atoms with Crippen molar-refractivity contribution in [2.75, 3.05) is 5.32 Å². The van der Waals surface area contributed by atoms with Gasteiger partial charge in [-0.2, -0.15) is 5.10 Å². The molecule has 5 nitrogen and oxygen atoms in total. The summed E-state index contributed by atoms with van der Waals surface area (Å²) in [7, 11) is 0. The molecule has 0 spiro atoms. The summed E-state index contributed by atoms with van der Waals surface area (Å²) in [6.07, 6.45) is 6.45. The maximum absolute atomic E-state index is 4.40. The van der Waals surface area contributed by atoms with Crippen LogP contribution in [0.2, 0.25) is 0 Å². The van der Waals surface area contributed by atoms with Crippen molar-refractivity contribution >= 4 is 33.1 Å². The van der Waals surface area contributed by atoms with Crippen molar-refractivity contribution < 1.29 is 0 Å². The average Bonchev–Trinajstić information content (AvgIpc) is 3.04. The minimum absolute atomic E-state index is 0.0291. The number of rotatable bonds is 3. The molecule has 0 aliphatic carbocycles. The van der Waals surface area contributed by atoms with Crippen molar-refractivity contribution in [2.24, 2.45) is 0 Å². The monoisotopic (exact) mass is 301 g/mol. The Hall–Kier alpha value is -1.95. The van der Waals surface area contributed by atoms with E-state index in [0.717, 1.165) is 28.1 Å². The van der Waals surface area contributed by atoms with Gasteiger partial charge in [0.15, 0.2) is 0 Å². The molecule has 0 fully saturated rings. The third-order valence-corrected chi connectivity index (χ3v) is 4.45. The van der Waals surface area contributed by atoms with Gasteiger partial charge >= 0.3 is 0 Å². The summed E-state index contributed by atoms with van der Waals surface area (Å²) in [6.45, 7) is 8.52. The van der Waals surface area contributed by atoms with E-state index in [2.05, 4.69) is 54.1 Å². The van der Waals surface area contributed by atoms with Crippen LogP contribution in [0.15, 0.2) is 24.8 Å². The van der Waals surface area contributed by atoms with Crippen LogP contribution in [0.1, 0.15) is 32.6 Å². The molecule has 0 saturated carbocycles. The Bertz CT molecular complexity index is 766. The average molecular weight is 301 g/mol. The normalized spacial score (nSPS) is 12.0. The van der Waals surface area contributed by atoms with Crippen molar-refractivity contribution in [1.29, 1.82) is 0 Å². The van der Waals surface area contributed by atoms with Gasteiger partial charge in [0.25, 0.3) is 0 Å². The van der Waals surface area contributed by atoms with Crippen molar-refractivity contribution in [1.82, 2.24) is 19.7 Å². The van der Waals surface area contributed by atoms with E-state index in [1.165, 1.54) is 4.88 Å². The molecule has 0 bridgehead atoms. The highest BCUT2D eigenvalue weighted by molar-refractivity contribution is 7.18. The second-order valence-electron chi connectivity index (χ2n) is 5.98. The van der Waals surface area contributed by atoms with Crippen LogP contribution in [-0.4, -0.2) is 19.7 Å². The Morgan fingerprint density at radius 3 is 2.76 bits per heavy atom. The van der Waals surface area contributed by atoms with Crippen LogP contribution in [0.25, 0.3) is 10.2 Å². The van der Waals surface area contributed by atoms with Crippen molar-refractivity contribution in [3.8, 4) is 0 Å². The molecule has 110 valence electrons. The summed E-state index contributed by atoms with van der Waals surface area (Å²) < 4.78 is 1.94. The number of anilines is 2. The topological polar surface area (TPSA) is 55.6 Å². The molecule has 3 aromatic rings. The summed E-state index contributed by atoms with van der Waals surface area (Å²) in [5, 5.41) is 8.82. The lowest BCUT2D eigenvalue weighted by molar-refractivity contribution is 0.355. The first kappa shape index (κ1) is 14.0. The molecular formula is C15H19N5S. The van der Waals surface area contributed by atoms with Gasteiger partial charge in [-0.25, -0.2) is 9.97 Å². The van der Waals surface area contributed by atoms with E-state index in [4.69, 9.17) is 0 Å². The lowest BCUT2D eigenvalue weighted by Gasteiger charge is -2.18.